The normalized spacial score (nSPS) is 10.3. The Labute approximate surface area is 85.7 Å². The molecule has 0 aromatic heterocycles. The molecule has 0 amide bonds. The molecule has 2 rings (SSSR count). The molecule has 0 aliphatic rings. The van der Waals surface area contributed by atoms with Crippen LogP contribution in [0.5, 0.6) is 0 Å². The summed E-state index contributed by atoms with van der Waals surface area (Å²) < 4.78 is 0. The molecular formula is C13H11B. The van der Waals surface area contributed by atoms with Crippen molar-refractivity contribution in [1.82, 2.24) is 0 Å². The Bertz CT molecular complexity index is 471. The molecule has 0 bridgehead atoms. The predicted molar refractivity (Wildman–Crippen MR) is 63.5 cm³/mol. The fourth-order valence-electron chi connectivity index (χ4n) is 1.53. The van der Waals surface area contributed by atoms with Crippen LogP contribution in [-0.2, 0) is 0 Å². The van der Waals surface area contributed by atoms with Crippen LogP contribution in [0.3, 0.4) is 0 Å². The lowest BCUT2D eigenvalue weighted by atomic mass is 9.92. The van der Waals surface area contributed by atoms with E-state index in [0.29, 0.717) is 6.32 Å². The van der Waals surface area contributed by atoms with E-state index in [1.807, 2.05) is 12.1 Å². The van der Waals surface area contributed by atoms with Crippen molar-refractivity contribution in [3.05, 3.63) is 54.6 Å². The fourth-order valence-corrected chi connectivity index (χ4v) is 1.53. The van der Waals surface area contributed by atoms with Crippen LogP contribution in [0.1, 0.15) is 5.56 Å². The Kier molecular flexibility index (Phi) is 2.40. The molecule has 2 aromatic carbocycles. The zero-order chi connectivity index (χ0) is 9.97. The summed E-state index contributed by atoms with van der Waals surface area (Å²) >= 11 is 0. The monoisotopic (exact) mass is 178 g/mol. The fraction of sp³-hybridized carbons (Fsp3) is 0.0769. The molecule has 0 saturated carbocycles. The van der Waals surface area contributed by atoms with Crippen LogP contribution in [0, 0.1) is 0 Å². The standard InChI is InChI=1S/C13H11B/c1-10(9-14)12-7-6-11-4-2-3-5-13(11)8-12/h2-8H,1,9H2. The second kappa shape index (κ2) is 3.71. The van der Waals surface area contributed by atoms with Gasteiger partial charge in [0.2, 0.25) is 0 Å². The summed E-state index contributed by atoms with van der Waals surface area (Å²) in [7, 11) is 5.55. The minimum Gasteiger partial charge on any atom is -0.0960 e. The molecule has 0 spiro atoms. The van der Waals surface area contributed by atoms with Crippen molar-refractivity contribution < 1.29 is 0 Å². The maximum atomic E-state index is 5.55. The average Bonchev–Trinajstić information content (AvgIpc) is 2.27. The first-order valence-corrected chi connectivity index (χ1v) is 4.68. The van der Waals surface area contributed by atoms with Crippen LogP contribution in [0.4, 0.5) is 0 Å². The highest BCUT2D eigenvalue weighted by Gasteiger charge is 1.97. The van der Waals surface area contributed by atoms with Crippen LogP contribution in [0.15, 0.2) is 49.0 Å². The van der Waals surface area contributed by atoms with Gasteiger partial charge in [-0.3, -0.25) is 0 Å². The van der Waals surface area contributed by atoms with Gasteiger partial charge in [-0.25, -0.2) is 0 Å². The molecule has 0 nitrogen and oxygen atoms in total. The van der Waals surface area contributed by atoms with E-state index in [2.05, 4.69) is 36.9 Å². The number of benzene rings is 2. The predicted octanol–water partition coefficient (Wildman–Crippen LogP) is 3.44. The molecule has 0 aliphatic heterocycles. The highest BCUT2D eigenvalue weighted by Crippen LogP contribution is 2.21. The van der Waals surface area contributed by atoms with Crippen molar-refractivity contribution in [1.29, 1.82) is 0 Å². The molecule has 1 heteroatoms. The minimum atomic E-state index is 0.512. The molecule has 0 aliphatic carbocycles. The molecule has 0 N–H and O–H groups in total. The Balaban J connectivity index is 2.56. The van der Waals surface area contributed by atoms with Gasteiger partial charge in [-0.15, -0.1) is 0 Å². The van der Waals surface area contributed by atoms with Crippen molar-refractivity contribution in [3.63, 3.8) is 0 Å². The van der Waals surface area contributed by atoms with Crippen LogP contribution < -0.4 is 0 Å². The number of hydrogen-bond donors (Lipinski definition) is 0. The maximum Gasteiger partial charge on any atom is 0.0716 e. The van der Waals surface area contributed by atoms with Crippen molar-refractivity contribution >= 4 is 24.2 Å². The summed E-state index contributed by atoms with van der Waals surface area (Å²) in [6, 6.07) is 14.6. The van der Waals surface area contributed by atoms with Crippen molar-refractivity contribution in [2.75, 3.05) is 0 Å². The summed E-state index contributed by atoms with van der Waals surface area (Å²) in [5.74, 6) is 0. The van der Waals surface area contributed by atoms with E-state index in [9.17, 15) is 0 Å². The lowest BCUT2D eigenvalue weighted by Crippen LogP contribution is -1.82. The van der Waals surface area contributed by atoms with Crippen molar-refractivity contribution in [3.8, 4) is 0 Å². The summed E-state index contributed by atoms with van der Waals surface area (Å²) in [5.41, 5.74) is 2.11. The Morgan fingerprint density at radius 1 is 1.07 bits per heavy atom. The van der Waals surface area contributed by atoms with Gasteiger partial charge in [-0.1, -0.05) is 54.9 Å². The quantitative estimate of drug-likeness (QED) is 0.618. The second-order valence-electron chi connectivity index (χ2n) is 3.37. The molecule has 2 radical (unpaired) electrons. The van der Waals surface area contributed by atoms with Crippen molar-refractivity contribution in [2.24, 2.45) is 0 Å². The van der Waals surface area contributed by atoms with E-state index >= 15 is 0 Å². The molecule has 0 heterocycles. The van der Waals surface area contributed by atoms with Gasteiger partial charge in [0.05, 0.1) is 7.85 Å². The largest absolute Gasteiger partial charge is 0.0960 e. The zero-order valence-electron chi connectivity index (χ0n) is 8.03. The van der Waals surface area contributed by atoms with Gasteiger partial charge >= 0.3 is 0 Å². The van der Waals surface area contributed by atoms with E-state index in [1.165, 1.54) is 10.8 Å². The molecule has 2 aromatic rings. The van der Waals surface area contributed by atoms with Crippen LogP contribution in [-0.4, -0.2) is 7.85 Å². The third kappa shape index (κ3) is 1.58. The highest BCUT2D eigenvalue weighted by molar-refractivity contribution is 6.14. The van der Waals surface area contributed by atoms with E-state index in [4.69, 9.17) is 7.85 Å². The van der Waals surface area contributed by atoms with Gasteiger partial charge in [0.1, 0.15) is 0 Å². The first kappa shape index (κ1) is 9.08. The molecule has 0 saturated heterocycles. The molecule has 0 atom stereocenters. The highest BCUT2D eigenvalue weighted by atomic mass is 14.0. The van der Waals surface area contributed by atoms with Crippen LogP contribution in [0.2, 0.25) is 6.32 Å². The van der Waals surface area contributed by atoms with Gasteiger partial charge in [-0.05, 0) is 22.4 Å². The lowest BCUT2D eigenvalue weighted by molar-refractivity contribution is 1.61. The SMILES string of the molecule is [B]CC(=C)c1ccc2ccccc2c1. The van der Waals surface area contributed by atoms with Gasteiger partial charge < -0.3 is 0 Å². The zero-order valence-corrected chi connectivity index (χ0v) is 8.03. The number of rotatable bonds is 2. The van der Waals surface area contributed by atoms with Crippen LogP contribution >= 0.6 is 0 Å². The minimum absolute atomic E-state index is 0.512. The topological polar surface area (TPSA) is 0 Å². The van der Waals surface area contributed by atoms with Gasteiger partial charge in [0, 0.05) is 0 Å². The van der Waals surface area contributed by atoms with E-state index in [-0.39, 0.29) is 0 Å². The third-order valence-electron chi connectivity index (χ3n) is 2.40. The maximum absolute atomic E-state index is 5.55. The van der Waals surface area contributed by atoms with E-state index in [0.717, 1.165) is 11.1 Å². The van der Waals surface area contributed by atoms with Gasteiger partial charge in [0.15, 0.2) is 0 Å². The summed E-state index contributed by atoms with van der Waals surface area (Å²) in [6.45, 7) is 3.93. The first-order chi connectivity index (χ1) is 6.81. The molecule has 0 fully saturated rings. The lowest BCUT2D eigenvalue weighted by Gasteiger charge is -2.04. The Morgan fingerprint density at radius 2 is 1.79 bits per heavy atom. The van der Waals surface area contributed by atoms with Gasteiger partial charge in [-0.2, -0.15) is 0 Å². The summed E-state index contributed by atoms with van der Waals surface area (Å²) in [6.07, 6.45) is 0.512. The summed E-state index contributed by atoms with van der Waals surface area (Å²) in [5, 5.41) is 2.49. The van der Waals surface area contributed by atoms with E-state index < -0.39 is 0 Å². The number of fused-ring (bicyclic) bond motifs is 1. The molecule has 0 unspecified atom stereocenters. The molecular weight excluding hydrogens is 167 g/mol. The third-order valence-corrected chi connectivity index (χ3v) is 2.40. The number of hydrogen-bond acceptors (Lipinski definition) is 0. The molecule has 14 heavy (non-hydrogen) atoms. The smallest absolute Gasteiger partial charge is 0.0716 e. The first-order valence-electron chi connectivity index (χ1n) is 4.68. The molecule has 66 valence electrons. The number of allylic oxidation sites excluding steroid dienone is 1. The Hall–Kier alpha value is -1.50. The summed E-state index contributed by atoms with van der Waals surface area (Å²) in [4.78, 5) is 0. The van der Waals surface area contributed by atoms with E-state index in [1.54, 1.807) is 0 Å². The van der Waals surface area contributed by atoms with Crippen LogP contribution in [0.25, 0.3) is 16.3 Å². The Morgan fingerprint density at radius 3 is 2.50 bits per heavy atom. The average molecular weight is 178 g/mol. The van der Waals surface area contributed by atoms with Gasteiger partial charge in [0.25, 0.3) is 0 Å². The second-order valence-corrected chi connectivity index (χ2v) is 3.37. The van der Waals surface area contributed by atoms with Crippen molar-refractivity contribution in [2.45, 2.75) is 6.32 Å².